The van der Waals surface area contributed by atoms with Gasteiger partial charge in [-0.3, -0.25) is 14.4 Å². The molecule has 2 aromatic carbocycles. The lowest BCUT2D eigenvalue weighted by atomic mass is 10.1. The van der Waals surface area contributed by atoms with Crippen molar-refractivity contribution in [1.29, 1.82) is 0 Å². The number of hydrogen-bond donors (Lipinski definition) is 1. The molecule has 0 bridgehead atoms. The Kier molecular flexibility index (Phi) is 6.53. The van der Waals surface area contributed by atoms with Gasteiger partial charge in [-0.25, -0.2) is 4.39 Å². The fourth-order valence-corrected chi connectivity index (χ4v) is 3.71. The Morgan fingerprint density at radius 2 is 1.85 bits per heavy atom. The number of fused-ring (bicyclic) bond motifs is 1. The Balaban J connectivity index is 1.36. The lowest BCUT2D eigenvalue weighted by Gasteiger charge is -2.30. The van der Waals surface area contributed by atoms with E-state index in [0.717, 1.165) is 11.1 Å². The van der Waals surface area contributed by atoms with Crippen LogP contribution < -0.4 is 15.5 Å². The number of nitrogens with one attached hydrogen (secondary N) is 1. The van der Waals surface area contributed by atoms with Gasteiger partial charge in [-0.2, -0.15) is 0 Å². The minimum absolute atomic E-state index is 0.121. The van der Waals surface area contributed by atoms with E-state index in [9.17, 15) is 18.8 Å². The first-order valence-electron chi connectivity index (χ1n) is 10.7. The smallest absolute Gasteiger partial charge is 0.270 e. The van der Waals surface area contributed by atoms with Crippen molar-refractivity contribution in [2.45, 2.75) is 20.1 Å². The van der Waals surface area contributed by atoms with Crippen LogP contribution in [-0.4, -0.2) is 40.9 Å². The summed E-state index contributed by atoms with van der Waals surface area (Å²) < 4.78 is 20.3. The van der Waals surface area contributed by atoms with Gasteiger partial charge in [0, 0.05) is 37.8 Å². The monoisotopic (exact) mass is 449 g/mol. The maximum Gasteiger partial charge on any atom is 0.270 e. The second kappa shape index (κ2) is 9.68. The first-order chi connectivity index (χ1) is 15.9. The van der Waals surface area contributed by atoms with E-state index >= 15 is 0 Å². The van der Waals surface area contributed by atoms with Gasteiger partial charge in [0.1, 0.15) is 18.1 Å². The quantitative estimate of drug-likeness (QED) is 0.602. The summed E-state index contributed by atoms with van der Waals surface area (Å²) in [6, 6.07) is 14.4. The second-order valence-corrected chi connectivity index (χ2v) is 7.86. The molecule has 0 aliphatic carbocycles. The molecular weight excluding hydrogens is 425 g/mol. The Hall–Kier alpha value is -3.94. The summed E-state index contributed by atoms with van der Waals surface area (Å²) >= 11 is 0. The number of pyridine rings is 1. The van der Waals surface area contributed by atoms with Gasteiger partial charge in [0.2, 0.25) is 5.43 Å². The predicted molar refractivity (Wildman–Crippen MR) is 121 cm³/mol. The van der Waals surface area contributed by atoms with Crippen molar-refractivity contribution in [3.8, 4) is 5.75 Å². The molecule has 33 heavy (non-hydrogen) atoms. The van der Waals surface area contributed by atoms with Crippen LogP contribution >= 0.6 is 0 Å². The van der Waals surface area contributed by atoms with E-state index in [1.165, 1.54) is 24.4 Å². The summed E-state index contributed by atoms with van der Waals surface area (Å²) in [5, 5.41) is 2.84. The summed E-state index contributed by atoms with van der Waals surface area (Å²) in [7, 11) is 0. The molecule has 170 valence electrons. The summed E-state index contributed by atoms with van der Waals surface area (Å²) in [5.41, 5.74) is 2.10. The van der Waals surface area contributed by atoms with Crippen LogP contribution in [0.25, 0.3) is 0 Å². The van der Waals surface area contributed by atoms with Gasteiger partial charge < -0.3 is 19.5 Å². The van der Waals surface area contributed by atoms with Gasteiger partial charge in [0.25, 0.3) is 11.8 Å². The van der Waals surface area contributed by atoms with Crippen molar-refractivity contribution in [1.82, 2.24) is 14.8 Å². The number of halogens is 1. The Morgan fingerprint density at radius 3 is 2.61 bits per heavy atom. The van der Waals surface area contributed by atoms with E-state index in [2.05, 4.69) is 5.32 Å². The van der Waals surface area contributed by atoms with Gasteiger partial charge in [-0.05, 0) is 36.2 Å². The average Bonchev–Trinajstić information content (AvgIpc) is 2.81. The van der Waals surface area contributed by atoms with Crippen LogP contribution in [0.1, 0.15) is 32.0 Å². The fourth-order valence-electron chi connectivity index (χ4n) is 3.71. The second-order valence-electron chi connectivity index (χ2n) is 7.86. The average molecular weight is 449 g/mol. The molecule has 0 spiro atoms. The molecule has 1 aromatic heterocycles. The molecule has 0 radical (unpaired) electrons. The first kappa shape index (κ1) is 22.3. The Bertz CT molecular complexity index is 1240. The molecule has 3 aromatic rings. The summed E-state index contributed by atoms with van der Waals surface area (Å²) in [5.74, 6) is -0.661. The third-order valence-corrected chi connectivity index (χ3v) is 5.57. The van der Waals surface area contributed by atoms with Crippen LogP contribution in [0, 0.1) is 12.7 Å². The highest BCUT2D eigenvalue weighted by molar-refractivity contribution is 5.96. The Labute approximate surface area is 190 Å². The first-order valence-corrected chi connectivity index (χ1v) is 10.7. The van der Waals surface area contributed by atoms with E-state index in [1.54, 1.807) is 27.7 Å². The van der Waals surface area contributed by atoms with Crippen molar-refractivity contribution >= 4 is 11.8 Å². The highest BCUT2D eigenvalue weighted by Crippen LogP contribution is 2.16. The zero-order valence-corrected chi connectivity index (χ0v) is 18.2. The van der Waals surface area contributed by atoms with E-state index in [0.29, 0.717) is 31.7 Å². The molecule has 1 N–H and O–H groups in total. The Morgan fingerprint density at radius 1 is 1.09 bits per heavy atom. The zero-order chi connectivity index (χ0) is 23.4. The van der Waals surface area contributed by atoms with Crippen LogP contribution in [0.4, 0.5) is 4.39 Å². The fraction of sp³-hybridized carbons (Fsp3) is 0.240. The molecular formula is C25H24FN3O4. The van der Waals surface area contributed by atoms with E-state index in [4.69, 9.17) is 4.74 Å². The number of aromatic nitrogens is 1. The van der Waals surface area contributed by atoms with Gasteiger partial charge in [0.05, 0.1) is 6.20 Å². The number of hydrogen-bond acceptors (Lipinski definition) is 4. The number of carbonyl (C=O) groups excluding carboxylic acids is 2. The standard InChI is InChI=1S/C25H24FN3O4/c1-17-4-2-3-5-20(17)24(31)27-10-11-28-12-13-29-15-23(22(30)14-21(29)25(28)32)33-16-18-6-8-19(26)9-7-18/h2-9,14-15H,10-13,16H2,1H3,(H,27,31). The highest BCUT2D eigenvalue weighted by atomic mass is 19.1. The molecule has 0 unspecified atom stereocenters. The molecule has 2 amide bonds. The molecule has 7 nitrogen and oxygen atoms in total. The molecule has 0 atom stereocenters. The van der Waals surface area contributed by atoms with Crippen LogP contribution in [0.2, 0.25) is 0 Å². The largest absolute Gasteiger partial charge is 0.483 e. The van der Waals surface area contributed by atoms with E-state index in [-0.39, 0.29) is 35.7 Å². The topological polar surface area (TPSA) is 80.6 Å². The third kappa shape index (κ3) is 5.11. The summed E-state index contributed by atoms with van der Waals surface area (Å²) in [4.78, 5) is 39.3. The number of aryl methyl sites for hydroxylation is 1. The maximum absolute atomic E-state index is 13.0. The van der Waals surface area contributed by atoms with Crippen molar-refractivity contribution in [2.24, 2.45) is 0 Å². The van der Waals surface area contributed by atoms with Crippen molar-refractivity contribution in [3.05, 3.63) is 99.2 Å². The van der Waals surface area contributed by atoms with Crippen molar-refractivity contribution in [3.63, 3.8) is 0 Å². The van der Waals surface area contributed by atoms with E-state index < -0.39 is 5.43 Å². The zero-order valence-electron chi connectivity index (χ0n) is 18.2. The number of rotatable bonds is 7. The minimum Gasteiger partial charge on any atom is -0.483 e. The molecule has 0 fully saturated rings. The van der Waals surface area contributed by atoms with Gasteiger partial charge in [-0.15, -0.1) is 0 Å². The van der Waals surface area contributed by atoms with Crippen molar-refractivity contribution < 1.29 is 18.7 Å². The molecule has 1 aliphatic rings. The highest BCUT2D eigenvalue weighted by Gasteiger charge is 2.25. The molecule has 4 rings (SSSR count). The maximum atomic E-state index is 13.0. The SMILES string of the molecule is Cc1ccccc1C(=O)NCCN1CCn2cc(OCc3ccc(F)cc3)c(=O)cc2C1=O. The molecule has 0 saturated heterocycles. The normalized spacial score (nSPS) is 12.9. The van der Waals surface area contributed by atoms with Gasteiger partial charge >= 0.3 is 0 Å². The minimum atomic E-state index is -0.397. The lowest BCUT2D eigenvalue weighted by Crippen LogP contribution is -2.45. The molecule has 1 aliphatic heterocycles. The molecule has 0 saturated carbocycles. The van der Waals surface area contributed by atoms with Gasteiger partial charge in [-0.1, -0.05) is 30.3 Å². The van der Waals surface area contributed by atoms with Crippen LogP contribution in [0.3, 0.4) is 0 Å². The molecule has 2 heterocycles. The van der Waals surface area contributed by atoms with Gasteiger partial charge in [0.15, 0.2) is 5.75 Å². The number of amides is 2. The number of ether oxygens (including phenoxy) is 1. The number of benzene rings is 2. The van der Waals surface area contributed by atoms with Crippen molar-refractivity contribution in [2.75, 3.05) is 19.6 Å². The summed E-state index contributed by atoms with van der Waals surface area (Å²) in [6.45, 7) is 3.59. The summed E-state index contributed by atoms with van der Waals surface area (Å²) in [6.07, 6.45) is 1.54. The molecule has 8 heteroatoms. The number of carbonyl (C=O) groups is 2. The lowest BCUT2D eigenvalue weighted by molar-refractivity contribution is 0.0696. The van der Waals surface area contributed by atoms with Crippen LogP contribution in [-0.2, 0) is 13.2 Å². The van der Waals surface area contributed by atoms with E-state index in [1.807, 2.05) is 25.1 Å². The predicted octanol–water partition coefficient (Wildman–Crippen LogP) is 2.76. The number of nitrogens with zero attached hydrogens (tertiary/aromatic N) is 2. The van der Waals surface area contributed by atoms with Crippen LogP contribution in [0.15, 0.2) is 65.6 Å². The third-order valence-electron chi connectivity index (χ3n) is 5.57. The van der Waals surface area contributed by atoms with Crippen LogP contribution in [0.5, 0.6) is 5.75 Å².